The van der Waals surface area contributed by atoms with Gasteiger partial charge in [-0.1, -0.05) is 29.8 Å². The maximum Gasteiger partial charge on any atom is 0.573 e. The minimum atomic E-state index is -4.76. The Morgan fingerprint density at radius 2 is 1.70 bits per heavy atom. The Balaban J connectivity index is 1.97. The third kappa shape index (κ3) is 4.66. The van der Waals surface area contributed by atoms with E-state index >= 15 is 0 Å². The van der Waals surface area contributed by atoms with Gasteiger partial charge >= 0.3 is 6.36 Å². The molecule has 3 rings (SSSR count). The van der Waals surface area contributed by atoms with Crippen molar-refractivity contribution in [2.45, 2.75) is 20.2 Å². The molecule has 3 aromatic rings. The Labute approximate surface area is 153 Å². The van der Waals surface area contributed by atoms with Crippen LogP contribution in [0.15, 0.2) is 54.6 Å². The minimum Gasteiger partial charge on any atom is -0.406 e. The summed E-state index contributed by atoms with van der Waals surface area (Å²) in [6, 6.07) is 14.6. The monoisotopic (exact) mass is 375 g/mol. The van der Waals surface area contributed by atoms with Crippen molar-refractivity contribution >= 4 is 11.7 Å². The molecule has 0 radical (unpaired) electrons. The minimum absolute atomic E-state index is 0.288. The first-order chi connectivity index (χ1) is 12.7. The third-order valence-electron chi connectivity index (χ3n) is 3.68. The zero-order valence-corrected chi connectivity index (χ0v) is 14.5. The second-order valence-electron chi connectivity index (χ2n) is 5.92. The number of alkyl halides is 3. The van der Waals surface area contributed by atoms with Crippen molar-refractivity contribution in [3.63, 3.8) is 0 Å². The fourth-order valence-electron chi connectivity index (χ4n) is 2.50. The highest BCUT2D eigenvalue weighted by molar-refractivity contribution is 5.88. The van der Waals surface area contributed by atoms with Crippen molar-refractivity contribution in [1.29, 1.82) is 0 Å². The number of ether oxygens (including phenoxy) is 1. The van der Waals surface area contributed by atoms with Crippen LogP contribution in [-0.2, 0) is 4.79 Å². The summed E-state index contributed by atoms with van der Waals surface area (Å²) in [6.45, 7) is 3.33. The van der Waals surface area contributed by atoms with Gasteiger partial charge in [0.1, 0.15) is 11.6 Å². The van der Waals surface area contributed by atoms with E-state index < -0.39 is 6.36 Å². The normalized spacial score (nSPS) is 11.3. The van der Waals surface area contributed by atoms with Gasteiger partial charge in [-0.15, -0.1) is 13.2 Å². The summed E-state index contributed by atoms with van der Waals surface area (Å²) in [7, 11) is 0. The Morgan fingerprint density at radius 1 is 1.07 bits per heavy atom. The molecule has 0 aliphatic rings. The smallest absolute Gasteiger partial charge is 0.406 e. The fraction of sp³-hybridized carbons (Fsp3) is 0.158. The second-order valence-corrected chi connectivity index (χ2v) is 5.92. The van der Waals surface area contributed by atoms with Crippen molar-refractivity contribution in [3.05, 3.63) is 60.2 Å². The lowest BCUT2D eigenvalue weighted by Gasteiger charge is -2.10. The highest BCUT2D eigenvalue weighted by Gasteiger charge is 2.31. The molecule has 1 amide bonds. The van der Waals surface area contributed by atoms with Crippen LogP contribution in [0.5, 0.6) is 5.75 Å². The van der Waals surface area contributed by atoms with Gasteiger partial charge in [0.15, 0.2) is 0 Å². The van der Waals surface area contributed by atoms with Gasteiger partial charge in [-0.05, 0) is 31.2 Å². The average Bonchev–Trinajstić information content (AvgIpc) is 2.98. The molecule has 0 aliphatic carbocycles. The quantitative estimate of drug-likeness (QED) is 0.719. The van der Waals surface area contributed by atoms with Crippen molar-refractivity contribution in [1.82, 2.24) is 9.78 Å². The number of aromatic nitrogens is 2. The van der Waals surface area contributed by atoms with Crippen LogP contribution in [0.1, 0.15) is 12.5 Å². The maximum atomic E-state index is 12.3. The number of nitrogens with zero attached hydrogens (tertiary/aromatic N) is 2. The van der Waals surface area contributed by atoms with Crippen LogP contribution >= 0.6 is 0 Å². The summed E-state index contributed by atoms with van der Waals surface area (Å²) in [5.74, 6) is -0.218. The molecule has 1 heterocycles. The number of carbonyl (C=O) groups is 1. The van der Waals surface area contributed by atoms with Crippen LogP contribution < -0.4 is 10.1 Å². The number of halogens is 3. The first-order valence-corrected chi connectivity index (χ1v) is 8.02. The largest absolute Gasteiger partial charge is 0.573 e. The van der Waals surface area contributed by atoms with Gasteiger partial charge in [-0.3, -0.25) is 4.79 Å². The molecule has 0 bridgehead atoms. The Hall–Kier alpha value is -3.29. The zero-order chi connectivity index (χ0) is 19.6. The second kappa shape index (κ2) is 7.14. The molecule has 0 aliphatic heterocycles. The summed E-state index contributed by atoms with van der Waals surface area (Å²) >= 11 is 0. The van der Waals surface area contributed by atoms with Crippen molar-refractivity contribution in [2.24, 2.45) is 0 Å². The molecule has 0 saturated heterocycles. The number of amides is 1. The van der Waals surface area contributed by atoms with E-state index in [0.717, 1.165) is 11.1 Å². The predicted molar refractivity (Wildman–Crippen MR) is 94.7 cm³/mol. The number of anilines is 1. The van der Waals surface area contributed by atoms with Crippen molar-refractivity contribution < 1.29 is 22.7 Å². The number of rotatable bonds is 4. The third-order valence-corrected chi connectivity index (χ3v) is 3.68. The summed E-state index contributed by atoms with van der Waals surface area (Å²) < 4.78 is 42.2. The standard InChI is InChI=1S/C19H16F3N3O2/c1-12-3-5-14(6-4-12)17-11-18(23-13(2)26)25(24-17)15-7-9-16(10-8-15)27-19(20,21)22/h3-11H,1-2H3,(H,23,26). The number of nitrogens with one attached hydrogen (secondary N) is 1. The Morgan fingerprint density at radius 3 is 2.26 bits per heavy atom. The lowest BCUT2D eigenvalue weighted by Crippen LogP contribution is -2.17. The first-order valence-electron chi connectivity index (χ1n) is 8.02. The van der Waals surface area contributed by atoms with Gasteiger partial charge < -0.3 is 10.1 Å². The van der Waals surface area contributed by atoms with Crippen LogP contribution in [-0.4, -0.2) is 22.1 Å². The highest BCUT2D eigenvalue weighted by atomic mass is 19.4. The van der Waals surface area contributed by atoms with Gasteiger partial charge in [0.05, 0.1) is 11.4 Å². The number of carbonyl (C=O) groups excluding carboxylic acids is 1. The number of aryl methyl sites for hydroxylation is 1. The molecule has 0 atom stereocenters. The van der Waals surface area contributed by atoms with Crippen LogP contribution in [0.2, 0.25) is 0 Å². The summed E-state index contributed by atoms with van der Waals surface area (Å²) in [5, 5.41) is 7.15. The van der Waals surface area contributed by atoms with E-state index in [0.29, 0.717) is 17.2 Å². The van der Waals surface area contributed by atoms with Crippen molar-refractivity contribution in [2.75, 3.05) is 5.32 Å². The van der Waals surface area contributed by atoms with E-state index in [4.69, 9.17) is 0 Å². The average molecular weight is 375 g/mol. The molecule has 8 heteroatoms. The molecule has 140 valence electrons. The molecular formula is C19H16F3N3O2. The Kier molecular flexibility index (Phi) is 4.89. The Bertz CT molecular complexity index is 946. The molecule has 0 fully saturated rings. The van der Waals surface area contributed by atoms with E-state index in [2.05, 4.69) is 15.2 Å². The van der Waals surface area contributed by atoms with E-state index in [9.17, 15) is 18.0 Å². The van der Waals surface area contributed by atoms with E-state index in [-0.39, 0.29) is 11.7 Å². The zero-order valence-electron chi connectivity index (χ0n) is 14.5. The van der Waals surface area contributed by atoms with E-state index in [1.54, 1.807) is 6.07 Å². The molecule has 1 aromatic heterocycles. The molecule has 0 saturated carbocycles. The summed E-state index contributed by atoms with van der Waals surface area (Å²) in [6.07, 6.45) is -4.76. The molecule has 1 N–H and O–H groups in total. The van der Waals surface area contributed by atoms with Gasteiger partial charge in [-0.2, -0.15) is 5.10 Å². The topological polar surface area (TPSA) is 56.2 Å². The summed E-state index contributed by atoms with van der Waals surface area (Å²) in [5.41, 5.74) is 3.05. The van der Waals surface area contributed by atoms with E-state index in [1.165, 1.54) is 35.9 Å². The molecule has 27 heavy (non-hydrogen) atoms. The molecular weight excluding hydrogens is 359 g/mol. The molecule has 5 nitrogen and oxygen atoms in total. The number of benzene rings is 2. The maximum absolute atomic E-state index is 12.3. The molecule has 0 spiro atoms. The number of hydrogen-bond acceptors (Lipinski definition) is 3. The molecule has 0 unspecified atom stereocenters. The van der Waals surface area contributed by atoms with Crippen LogP contribution in [0, 0.1) is 6.92 Å². The first kappa shape index (κ1) is 18.5. The van der Waals surface area contributed by atoms with Crippen molar-refractivity contribution in [3.8, 4) is 22.7 Å². The summed E-state index contributed by atoms with van der Waals surface area (Å²) in [4.78, 5) is 11.5. The lowest BCUT2D eigenvalue weighted by molar-refractivity contribution is -0.274. The number of hydrogen-bond donors (Lipinski definition) is 1. The fourth-order valence-corrected chi connectivity index (χ4v) is 2.50. The van der Waals surface area contributed by atoms with E-state index in [1.807, 2.05) is 31.2 Å². The molecule has 2 aromatic carbocycles. The van der Waals surface area contributed by atoms with Gasteiger partial charge in [0.2, 0.25) is 5.91 Å². The highest BCUT2D eigenvalue weighted by Crippen LogP contribution is 2.27. The van der Waals surface area contributed by atoms with Crippen LogP contribution in [0.3, 0.4) is 0 Å². The SMILES string of the molecule is CC(=O)Nc1cc(-c2ccc(C)cc2)nn1-c1ccc(OC(F)(F)F)cc1. The lowest BCUT2D eigenvalue weighted by atomic mass is 10.1. The van der Waals surface area contributed by atoms with Gasteiger partial charge in [-0.25, -0.2) is 4.68 Å². The van der Waals surface area contributed by atoms with Gasteiger partial charge in [0, 0.05) is 18.6 Å². The van der Waals surface area contributed by atoms with Crippen LogP contribution in [0.25, 0.3) is 16.9 Å². The van der Waals surface area contributed by atoms with Gasteiger partial charge in [0.25, 0.3) is 0 Å². The van der Waals surface area contributed by atoms with Crippen LogP contribution in [0.4, 0.5) is 19.0 Å². The predicted octanol–water partition coefficient (Wildman–Crippen LogP) is 4.70.